The van der Waals surface area contributed by atoms with Crippen LogP contribution >= 0.6 is 0 Å². The average Bonchev–Trinajstić information content (AvgIpc) is 2.00. The van der Waals surface area contributed by atoms with Crippen molar-refractivity contribution in [1.29, 1.82) is 0 Å². The molecule has 0 aromatic carbocycles. The Kier molecular flexibility index (Phi) is 5.78. The quantitative estimate of drug-likeness (QED) is 0.572. The molecule has 0 spiro atoms. The molecular formula is C7H15NO3. The van der Waals surface area contributed by atoms with E-state index >= 15 is 0 Å². The van der Waals surface area contributed by atoms with Crippen molar-refractivity contribution < 1.29 is 14.3 Å². The number of hydrogen-bond donors (Lipinski definition) is 1. The maximum Gasteiger partial charge on any atom is 0.325 e. The topological polar surface area (TPSA) is 61.5 Å². The van der Waals surface area contributed by atoms with E-state index in [2.05, 4.69) is 4.74 Å². The fourth-order valence-electron chi connectivity index (χ4n) is 0.557. The van der Waals surface area contributed by atoms with Crippen LogP contribution in [0.15, 0.2) is 0 Å². The predicted molar refractivity (Wildman–Crippen MR) is 41.1 cm³/mol. The lowest BCUT2D eigenvalue weighted by Gasteiger charge is -2.08. The van der Waals surface area contributed by atoms with Crippen molar-refractivity contribution in [2.75, 3.05) is 20.3 Å². The first-order valence-corrected chi connectivity index (χ1v) is 3.63. The zero-order valence-corrected chi connectivity index (χ0v) is 7.00. The molecule has 0 heterocycles. The predicted octanol–water partition coefficient (Wildman–Crippen LogP) is -0.0867. The van der Waals surface area contributed by atoms with Gasteiger partial charge in [0.05, 0.1) is 13.2 Å². The number of ether oxygens (including phenoxy) is 2. The van der Waals surface area contributed by atoms with E-state index in [1.165, 1.54) is 7.11 Å². The first kappa shape index (κ1) is 10.4. The molecule has 0 unspecified atom stereocenters. The zero-order valence-electron chi connectivity index (χ0n) is 7.00. The van der Waals surface area contributed by atoms with Crippen molar-refractivity contribution >= 4 is 5.97 Å². The number of esters is 1. The van der Waals surface area contributed by atoms with Gasteiger partial charge in [0.25, 0.3) is 0 Å². The summed E-state index contributed by atoms with van der Waals surface area (Å²) in [5.41, 5.74) is 5.37. The van der Waals surface area contributed by atoms with E-state index < -0.39 is 12.0 Å². The molecule has 0 saturated heterocycles. The van der Waals surface area contributed by atoms with Crippen LogP contribution in [0.2, 0.25) is 0 Å². The summed E-state index contributed by atoms with van der Waals surface area (Å²) in [5.74, 6) is -0.395. The molecule has 0 rings (SSSR count). The molecule has 4 nitrogen and oxygen atoms in total. The minimum Gasteiger partial charge on any atom is -0.464 e. The van der Waals surface area contributed by atoms with Crippen LogP contribution in [0.4, 0.5) is 0 Å². The Hall–Kier alpha value is -0.610. The summed E-state index contributed by atoms with van der Waals surface area (Å²) in [5, 5.41) is 0. The normalized spacial score (nSPS) is 12.6. The van der Waals surface area contributed by atoms with E-state index in [4.69, 9.17) is 10.5 Å². The van der Waals surface area contributed by atoms with Gasteiger partial charge in [0.1, 0.15) is 6.04 Å². The number of methoxy groups -OCH3 is 1. The zero-order chi connectivity index (χ0) is 8.69. The lowest BCUT2D eigenvalue weighted by atomic mass is 10.3. The molecule has 66 valence electrons. The molecule has 0 fully saturated rings. The minimum absolute atomic E-state index is 0.211. The highest BCUT2D eigenvalue weighted by molar-refractivity contribution is 5.75. The first-order valence-electron chi connectivity index (χ1n) is 3.63. The average molecular weight is 161 g/mol. The molecule has 2 N–H and O–H groups in total. The lowest BCUT2D eigenvalue weighted by molar-refractivity contribution is -0.146. The maximum atomic E-state index is 10.9. The van der Waals surface area contributed by atoms with Gasteiger partial charge in [-0.2, -0.15) is 0 Å². The third-order valence-corrected chi connectivity index (χ3v) is 1.10. The molecule has 0 aromatic rings. The molecule has 4 heteroatoms. The molecule has 1 atom stereocenters. The van der Waals surface area contributed by atoms with Crippen molar-refractivity contribution in [1.82, 2.24) is 0 Å². The summed E-state index contributed by atoms with van der Waals surface area (Å²) < 4.78 is 9.44. The number of rotatable bonds is 5. The Bertz CT molecular complexity index is 116. The highest BCUT2D eigenvalue weighted by Crippen LogP contribution is 1.88. The summed E-state index contributed by atoms with van der Waals surface area (Å²) in [6.07, 6.45) is 0.811. The van der Waals surface area contributed by atoms with Gasteiger partial charge in [-0.3, -0.25) is 4.79 Å². The van der Waals surface area contributed by atoms with Gasteiger partial charge in [0, 0.05) is 7.11 Å². The SMILES string of the molecule is CCCOC(=O)[C@@H](N)COC. The molecule has 0 aliphatic heterocycles. The fourth-order valence-corrected chi connectivity index (χ4v) is 0.557. The maximum absolute atomic E-state index is 10.9. The lowest BCUT2D eigenvalue weighted by Crippen LogP contribution is -2.36. The van der Waals surface area contributed by atoms with Crippen LogP contribution in [0.1, 0.15) is 13.3 Å². The van der Waals surface area contributed by atoms with Crippen molar-refractivity contribution in [3.05, 3.63) is 0 Å². The number of hydrogen-bond acceptors (Lipinski definition) is 4. The van der Waals surface area contributed by atoms with Crippen molar-refractivity contribution in [2.45, 2.75) is 19.4 Å². The van der Waals surface area contributed by atoms with Gasteiger partial charge in [0.15, 0.2) is 0 Å². The highest BCUT2D eigenvalue weighted by atomic mass is 16.5. The molecule has 0 aliphatic carbocycles. The van der Waals surface area contributed by atoms with E-state index in [9.17, 15) is 4.79 Å². The van der Waals surface area contributed by atoms with Gasteiger partial charge in [-0.05, 0) is 6.42 Å². The van der Waals surface area contributed by atoms with Crippen LogP contribution in [0, 0.1) is 0 Å². The molecular weight excluding hydrogens is 146 g/mol. The van der Waals surface area contributed by atoms with Gasteiger partial charge in [0.2, 0.25) is 0 Å². The summed E-state index contributed by atoms with van der Waals surface area (Å²) >= 11 is 0. The first-order chi connectivity index (χ1) is 5.22. The van der Waals surface area contributed by atoms with Gasteiger partial charge >= 0.3 is 5.97 Å². The Labute approximate surface area is 66.7 Å². The van der Waals surface area contributed by atoms with Crippen LogP contribution in [0.3, 0.4) is 0 Å². The summed E-state index contributed by atoms with van der Waals surface area (Å²) in [4.78, 5) is 10.9. The second-order valence-electron chi connectivity index (χ2n) is 2.23. The second-order valence-corrected chi connectivity index (χ2v) is 2.23. The smallest absolute Gasteiger partial charge is 0.325 e. The fraction of sp³-hybridized carbons (Fsp3) is 0.857. The van der Waals surface area contributed by atoms with E-state index in [-0.39, 0.29) is 6.61 Å². The molecule has 0 saturated carbocycles. The Balaban J connectivity index is 3.47. The van der Waals surface area contributed by atoms with E-state index in [1.807, 2.05) is 6.92 Å². The van der Waals surface area contributed by atoms with E-state index in [1.54, 1.807) is 0 Å². The molecule has 0 amide bonds. The van der Waals surface area contributed by atoms with E-state index in [0.29, 0.717) is 6.61 Å². The molecule has 0 radical (unpaired) electrons. The third-order valence-electron chi connectivity index (χ3n) is 1.10. The van der Waals surface area contributed by atoms with Crippen LogP contribution < -0.4 is 5.73 Å². The van der Waals surface area contributed by atoms with Crippen LogP contribution in [0.5, 0.6) is 0 Å². The van der Waals surface area contributed by atoms with Crippen molar-refractivity contribution in [2.24, 2.45) is 5.73 Å². The Morgan fingerprint density at radius 1 is 1.64 bits per heavy atom. The summed E-state index contributed by atoms with van der Waals surface area (Å²) in [6.45, 7) is 2.56. The number of carbonyl (C=O) groups excluding carboxylic acids is 1. The number of nitrogens with two attached hydrogens (primary N) is 1. The third kappa shape index (κ3) is 4.75. The molecule has 0 aliphatic rings. The van der Waals surface area contributed by atoms with E-state index in [0.717, 1.165) is 6.42 Å². The van der Waals surface area contributed by atoms with Crippen LogP contribution in [0.25, 0.3) is 0 Å². The van der Waals surface area contributed by atoms with Crippen LogP contribution in [-0.4, -0.2) is 32.3 Å². The van der Waals surface area contributed by atoms with Gasteiger partial charge in [-0.1, -0.05) is 6.92 Å². The largest absolute Gasteiger partial charge is 0.464 e. The molecule has 0 aromatic heterocycles. The monoisotopic (exact) mass is 161 g/mol. The standard InChI is InChI=1S/C7H15NO3/c1-3-4-11-7(9)6(8)5-10-2/h6H,3-5,8H2,1-2H3/t6-/m0/s1. The Morgan fingerprint density at radius 2 is 2.27 bits per heavy atom. The van der Waals surface area contributed by atoms with Gasteiger partial charge in [-0.25, -0.2) is 0 Å². The van der Waals surface area contributed by atoms with Gasteiger partial charge in [-0.15, -0.1) is 0 Å². The molecule has 0 bridgehead atoms. The minimum atomic E-state index is -0.647. The number of carbonyl (C=O) groups is 1. The summed E-state index contributed by atoms with van der Waals surface area (Å²) in [7, 11) is 1.49. The highest BCUT2D eigenvalue weighted by Gasteiger charge is 2.13. The summed E-state index contributed by atoms with van der Waals surface area (Å²) in [6, 6.07) is -0.647. The van der Waals surface area contributed by atoms with Crippen molar-refractivity contribution in [3.8, 4) is 0 Å². The second kappa shape index (κ2) is 6.12. The van der Waals surface area contributed by atoms with Crippen LogP contribution in [-0.2, 0) is 14.3 Å². The van der Waals surface area contributed by atoms with Gasteiger partial charge < -0.3 is 15.2 Å². The Morgan fingerprint density at radius 3 is 2.73 bits per heavy atom. The molecule has 11 heavy (non-hydrogen) atoms. The van der Waals surface area contributed by atoms with Crippen molar-refractivity contribution in [3.63, 3.8) is 0 Å².